The van der Waals surface area contributed by atoms with Gasteiger partial charge in [0.15, 0.2) is 5.52 Å². The molecule has 2 aromatic rings. The van der Waals surface area contributed by atoms with Crippen molar-refractivity contribution < 1.29 is 14.3 Å². The number of hydrogen-bond acceptors (Lipinski definition) is 3. The van der Waals surface area contributed by atoms with E-state index in [1.807, 2.05) is 38.1 Å². The summed E-state index contributed by atoms with van der Waals surface area (Å²) in [6, 6.07) is 12.1. The second-order valence-electron chi connectivity index (χ2n) is 7.55. The van der Waals surface area contributed by atoms with E-state index >= 15 is 0 Å². The summed E-state index contributed by atoms with van der Waals surface area (Å²) in [4.78, 5) is 12.9. The number of hydrogen-bond donors (Lipinski definition) is 0. The Morgan fingerprint density at radius 3 is 2.04 bits per heavy atom. The van der Waals surface area contributed by atoms with Gasteiger partial charge in [0, 0.05) is 12.7 Å². The summed E-state index contributed by atoms with van der Waals surface area (Å²) >= 11 is 0. The Kier molecular flexibility index (Phi) is 9.26. The summed E-state index contributed by atoms with van der Waals surface area (Å²) in [7, 11) is 1.76. The van der Waals surface area contributed by atoms with E-state index in [-0.39, 0.29) is 38.4 Å². The summed E-state index contributed by atoms with van der Waals surface area (Å²) in [5.74, 6) is 0.796. The van der Waals surface area contributed by atoms with Gasteiger partial charge in [0.1, 0.15) is 12.4 Å². The van der Waals surface area contributed by atoms with E-state index in [1.54, 1.807) is 7.11 Å². The van der Waals surface area contributed by atoms with Crippen molar-refractivity contribution in [3.05, 3.63) is 58.7 Å². The van der Waals surface area contributed by atoms with Gasteiger partial charge in [0.2, 0.25) is 0 Å². The molecule has 0 saturated carbocycles. The molecule has 0 aliphatic carbocycles. The molecule has 2 rings (SSSR count). The Morgan fingerprint density at radius 2 is 1.56 bits per heavy atom. The second kappa shape index (κ2) is 10.4. The molecule has 0 radical (unpaired) electrons. The van der Waals surface area contributed by atoms with Crippen LogP contribution in [0.15, 0.2) is 36.4 Å². The Hall–Kier alpha value is -1.10. The van der Waals surface area contributed by atoms with Crippen LogP contribution in [0.25, 0.3) is 0 Å². The first-order valence-electron chi connectivity index (χ1n) is 8.87. The Balaban J connectivity index is 0.00000364. The normalized spacial score (nSPS) is 11.5. The van der Waals surface area contributed by atoms with Gasteiger partial charge in [0.05, 0.1) is 6.61 Å². The molecule has 1 unspecified atom stereocenters. The zero-order chi connectivity index (χ0) is 19.3. The van der Waals surface area contributed by atoms with E-state index in [0.29, 0.717) is 13.2 Å². The van der Waals surface area contributed by atoms with E-state index in [1.165, 1.54) is 5.56 Å². The molecule has 2 aromatic carbocycles. The summed E-state index contributed by atoms with van der Waals surface area (Å²) < 4.78 is 10.5. The standard InChI is InChI=1S/C22H29O3P.Li.H/c1-15-13-17(22(3,4)5)14-16(2)20(15)21(23)26-19-9-7-18(8-10-19)25-12-11-24-6;;/h7-10,13-14,26H,11-12H2,1-6H3;;. The van der Waals surface area contributed by atoms with Crippen molar-refractivity contribution in [3.63, 3.8) is 0 Å². The number of carbonyl (C=O) groups excluding carboxylic acids is 1. The van der Waals surface area contributed by atoms with E-state index in [2.05, 4.69) is 32.9 Å². The van der Waals surface area contributed by atoms with Gasteiger partial charge in [-0.25, -0.2) is 0 Å². The first kappa shape index (κ1) is 23.9. The monoisotopic (exact) mass is 380 g/mol. The summed E-state index contributed by atoms with van der Waals surface area (Å²) in [5.41, 5.74) is 4.52. The van der Waals surface area contributed by atoms with Crippen LogP contribution in [-0.2, 0) is 10.2 Å². The SMILES string of the molecule is COCCOc1ccc(PC(=O)c2c(C)cc(C(C)(C)C)cc2C)cc1.[LiH]. The minimum absolute atomic E-state index is 0. The van der Waals surface area contributed by atoms with Crippen molar-refractivity contribution in [2.45, 2.75) is 40.0 Å². The molecule has 142 valence electrons. The molecule has 0 aliphatic heterocycles. The van der Waals surface area contributed by atoms with Crippen LogP contribution in [0.5, 0.6) is 5.75 Å². The molecule has 0 aromatic heterocycles. The predicted molar refractivity (Wildman–Crippen MR) is 118 cm³/mol. The molecule has 0 bridgehead atoms. The van der Waals surface area contributed by atoms with Crippen molar-refractivity contribution in [1.82, 2.24) is 0 Å². The third kappa shape index (κ3) is 6.77. The van der Waals surface area contributed by atoms with Crippen LogP contribution in [0, 0.1) is 13.8 Å². The predicted octanol–water partition coefficient (Wildman–Crippen LogP) is 4.12. The number of benzene rings is 2. The fourth-order valence-corrected chi connectivity index (χ4v) is 3.94. The molecule has 1 atom stereocenters. The maximum atomic E-state index is 12.9. The van der Waals surface area contributed by atoms with Crippen LogP contribution in [-0.4, -0.2) is 44.7 Å². The molecular formula is C22H30LiO3P. The quantitative estimate of drug-likeness (QED) is 0.412. The minimum atomic E-state index is 0. The van der Waals surface area contributed by atoms with Crippen LogP contribution in [0.3, 0.4) is 0 Å². The van der Waals surface area contributed by atoms with Gasteiger partial charge in [-0.3, -0.25) is 4.79 Å². The molecular weight excluding hydrogens is 350 g/mol. The molecule has 0 N–H and O–H groups in total. The molecule has 0 aliphatic rings. The van der Waals surface area contributed by atoms with Gasteiger partial charge in [-0.2, -0.15) is 0 Å². The number of methoxy groups -OCH3 is 1. The first-order chi connectivity index (χ1) is 12.2. The van der Waals surface area contributed by atoms with Gasteiger partial charge in [-0.05, 0) is 62.0 Å². The van der Waals surface area contributed by atoms with E-state index in [0.717, 1.165) is 27.7 Å². The average molecular weight is 380 g/mol. The topological polar surface area (TPSA) is 35.5 Å². The fourth-order valence-electron chi connectivity index (χ4n) is 2.83. The van der Waals surface area contributed by atoms with Crippen molar-refractivity contribution in [3.8, 4) is 5.75 Å². The molecule has 0 saturated heterocycles. The van der Waals surface area contributed by atoms with Gasteiger partial charge < -0.3 is 9.47 Å². The van der Waals surface area contributed by atoms with Crippen molar-refractivity contribution in [2.24, 2.45) is 0 Å². The Morgan fingerprint density at radius 1 is 1.00 bits per heavy atom. The van der Waals surface area contributed by atoms with E-state index in [9.17, 15) is 4.79 Å². The number of rotatable bonds is 7. The van der Waals surface area contributed by atoms with Crippen molar-refractivity contribution in [1.29, 1.82) is 0 Å². The average Bonchev–Trinajstić information content (AvgIpc) is 2.55. The van der Waals surface area contributed by atoms with Gasteiger partial charge >= 0.3 is 18.9 Å². The molecule has 0 heterocycles. The van der Waals surface area contributed by atoms with Crippen LogP contribution < -0.4 is 10.0 Å². The van der Waals surface area contributed by atoms with Crippen LogP contribution in [0.1, 0.15) is 47.8 Å². The summed E-state index contributed by atoms with van der Waals surface area (Å²) in [6.45, 7) is 11.7. The molecule has 27 heavy (non-hydrogen) atoms. The molecule has 0 spiro atoms. The third-order valence-corrected chi connectivity index (χ3v) is 5.39. The molecule has 0 amide bonds. The zero-order valence-corrected chi connectivity index (χ0v) is 17.6. The maximum absolute atomic E-state index is 12.9. The summed E-state index contributed by atoms with van der Waals surface area (Å²) in [5, 5.41) is 1.02. The second-order valence-corrected chi connectivity index (χ2v) is 8.84. The molecule has 0 fully saturated rings. The third-order valence-electron chi connectivity index (χ3n) is 4.29. The molecule has 3 nitrogen and oxygen atoms in total. The Bertz CT molecular complexity index is 741. The van der Waals surface area contributed by atoms with Gasteiger partial charge in [0.25, 0.3) is 0 Å². The summed E-state index contributed by atoms with van der Waals surface area (Å²) in [6.07, 6.45) is 0. The zero-order valence-electron chi connectivity index (χ0n) is 16.6. The van der Waals surface area contributed by atoms with E-state index < -0.39 is 0 Å². The van der Waals surface area contributed by atoms with Crippen molar-refractivity contribution in [2.75, 3.05) is 20.3 Å². The van der Waals surface area contributed by atoms with Crippen LogP contribution in [0.2, 0.25) is 0 Å². The fraction of sp³-hybridized carbons (Fsp3) is 0.409. The van der Waals surface area contributed by atoms with Crippen LogP contribution >= 0.6 is 8.58 Å². The molecule has 5 heteroatoms. The number of aryl methyl sites for hydroxylation is 2. The first-order valence-corrected chi connectivity index (χ1v) is 9.87. The Labute approximate surface area is 177 Å². The van der Waals surface area contributed by atoms with Gasteiger partial charge in [-0.15, -0.1) is 0 Å². The van der Waals surface area contributed by atoms with E-state index in [4.69, 9.17) is 9.47 Å². The number of carbonyl (C=O) groups is 1. The van der Waals surface area contributed by atoms with Crippen molar-refractivity contribution >= 4 is 38.3 Å². The number of ether oxygens (including phenoxy) is 2. The van der Waals surface area contributed by atoms with Gasteiger partial charge in [-0.1, -0.05) is 45.0 Å². The van der Waals surface area contributed by atoms with Crippen LogP contribution in [0.4, 0.5) is 0 Å².